The van der Waals surface area contributed by atoms with Crippen molar-refractivity contribution in [2.24, 2.45) is 0 Å². The van der Waals surface area contributed by atoms with Crippen LogP contribution in [-0.4, -0.2) is 24.0 Å². The van der Waals surface area contributed by atoms with Crippen molar-refractivity contribution in [3.8, 4) is 0 Å². The predicted octanol–water partition coefficient (Wildman–Crippen LogP) is 2.24. The summed E-state index contributed by atoms with van der Waals surface area (Å²) >= 11 is 0. The molecule has 0 unspecified atom stereocenters. The van der Waals surface area contributed by atoms with Crippen molar-refractivity contribution >= 4 is 5.91 Å². The summed E-state index contributed by atoms with van der Waals surface area (Å²) in [6, 6.07) is 0.289. The van der Waals surface area contributed by atoms with E-state index in [0.29, 0.717) is 18.1 Å². The summed E-state index contributed by atoms with van der Waals surface area (Å²) < 4.78 is 5.23. The Morgan fingerprint density at radius 1 is 1.32 bits per heavy atom. The number of carbonyl (C=O) groups is 1. The minimum atomic E-state index is -0.114. The fourth-order valence-electron chi connectivity index (χ4n) is 2.51. The summed E-state index contributed by atoms with van der Waals surface area (Å²) in [6.07, 6.45) is 9.89. The molecule has 1 aromatic rings. The summed E-state index contributed by atoms with van der Waals surface area (Å²) in [7, 11) is 1.82. The van der Waals surface area contributed by atoms with E-state index in [1.807, 2.05) is 7.05 Å². The second kappa shape index (κ2) is 7.28. The van der Waals surface area contributed by atoms with Gasteiger partial charge in [0.25, 0.3) is 5.91 Å². The van der Waals surface area contributed by atoms with Gasteiger partial charge in [0.05, 0.1) is 6.54 Å². The Morgan fingerprint density at radius 3 is 2.68 bits per heavy atom. The summed E-state index contributed by atoms with van der Waals surface area (Å²) in [5, 5.41) is 6.02. The highest BCUT2D eigenvalue weighted by atomic mass is 16.3. The monoisotopic (exact) mass is 265 g/mol. The van der Waals surface area contributed by atoms with Gasteiger partial charge in [-0.15, -0.1) is 0 Å². The lowest BCUT2D eigenvalue weighted by molar-refractivity contribution is 0.0925. The van der Waals surface area contributed by atoms with Gasteiger partial charge >= 0.3 is 0 Å². The van der Waals surface area contributed by atoms with Crippen LogP contribution in [0.3, 0.4) is 0 Å². The zero-order valence-corrected chi connectivity index (χ0v) is 11.6. The van der Waals surface area contributed by atoms with Gasteiger partial charge in [-0.2, -0.15) is 0 Å². The quantitative estimate of drug-likeness (QED) is 0.876. The number of rotatable bonds is 4. The van der Waals surface area contributed by atoms with Crippen LogP contribution in [0.15, 0.2) is 10.7 Å². The molecule has 0 radical (unpaired) electrons. The average Bonchev–Trinajstić information content (AvgIpc) is 2.81. The summed E-state index contributed by atoms with van der Waals surface area (Å²) in [5.41, 5.74) is 0.382. The number of nitrogens with zero attached hydrogens (tertiary/aromatic N) is 1. The Balaban J connectivity index is 1.87. The van der Waals surface area contributed by atoms with Crippen LogP contribution in [0, 0.1) is 0 Å². The van der Waals surface area contributed by atoms with Crippen molar-refractivity contribution in [2.75, 3.05) is 7.05 Å². The SMILES string of the molecule is CNCc1nc(C(=O)NC2CCCCCCC2)co1. The molecule has 1 heterocycles. The molecule has 19 heavy (non-hydrogen) atoms. The van der Waals surface area contributed by atoms with Crippen LogP contribution in [0.5, 0.6) is 0 Å². The Hall–Kier alpha value is -1.36. The van der Waals surface area contributed by atoms with Gasteiger partial charge in [-0.1, -0.05) is 32.1 Å². The van der Waals surface area contributed by atoms with E-state index in [0.717, 1.165) is 12.8 Å². The van der Waals surface area contributed by atoms with Crippen molar-refractivity contribution in [3.05, 3.63) is 17.8 Å². The maximum absolute atomic E-state index is 12.1. The highest BCUT2D eigenvalue weighted by molar-refractivity contribution is 5.92. The van der Waals surface area contributed by atoms with E-state index in [1.165, 1.54) is 38.4 Å². The standard InChI is InChI=1S/C14H23N3O2/c1-15-9-13-17-12(10-19-13)14(18)16-11-7-5-3-2-4-6-8-11/h10-11,15H,2-9H2,1H3,(H,16,18). The molecule has 5 heteroatoms. The van der Waals surface area contributed by atoms with Crippen LogP contribution in [0.1, 0.15) is 61.3 Å². The lowest BCUT2D eigenvalue weighted by Gasteiger charge is -2.20. The third-order valence-corrected chi connectivity index (χ3v) is 3.55. The molecule has 1 fully saturated rings. The van der Waals surface area contributed by atoms with Crippen LogP contribution >= 0.6 is 0 Å². The maximum Gasteiger partial charge on any atom is 0.273 e. The van der Waals surface area contributed by atoms with Crippen molar-refractivity contribution in [2.45, 2.75) is 57.5 Å². The second-order valence-corrected chi connectivity index (χ2v) is 5.17. The molecule has 0 atom stereocenters. The summed E-state index contributed by atoms with van der Waals surface area (Å²) in [6.45, 7) is 0.538. The number of nitrogens with one attached hydrogen (secondary N) is 2. The van der Waals surface area contributed by atoms with Crippen LogP contribution in [0.2, 0.25) is 0 Å². The predicted molar refractivity (Wildman–Crippen MR) is 72.8 cm³/mol. The molecule has 1 saturated carbocycles. The Labute approximate surface area is 114 Å². The molecule has 1 amide bonds. The van der Waals surface area contributed by atoms with Gasteiger partial charge in [0.1, 0.15) is 6.26 Å². The largest absolute Gasteiger partial charge is 0.447 e. The second-order valence-electron chi connectivity index (χ2n) is 5.17. The first-order chi connectivity index (χ1) is 9.29. The smallest absolute Gasteiger partial charge is 0.273 e. The highest BCUT2D eigenvalue weighted by Crippen LogP contribution is 2.17. The van der Waals surface area contributed by atoms with Gasteiger partial charge in [-0.05, 0) is 19.9 Å². The molecule has 1 aromatic heterocycles. The van der Waals surface area contributed by atoms with Gasteiger partial charge in [-0.25, -0.2) is 4.98 Å². The Kier molecular flexibility index (Phi) is 5.39. The first-order valence-electron chi connectivity index (χ1n) is 7.19. The normalized spacial score (nSPS) is 17.7. The Morgan fingerprint density at radius 2 is 2.00 bits per heavy atom. The molecular weight excluding hydrogens is 242 g/mol. The van der Waals surface area contributed by atoms with Crippen LogP contribution in [0.4, 0.5) is 0 Å². The Bertz CT molecular complexity index is 395. The van der Waals surface area contributed by atoms with Crippen LogP contribution < -0.4 is 10.6 Å². The maximum atomic E-state index is 12.1. The molecule has 2 N–H and O–H groups in total. The number of amides is 1. The van der Waals surface area contributed by atoms with Crippen molar-refractivity contribution in [1.82, 2.24) is 15.6 Å². The molecule has 0 aromatic carbocycles. The number of hydrogen-bond acceptors (Lipinski definition) is 4. The molecule has 0 aliphatic heterocycles. The number of aromatic nitrogens is 1. The van der Waals surface area contributed by atoms with E-state index in [1.54, 1.807) is 0 Å². The first kappa shape index (κ1) is 14.1. The molecule has 5 nitrogen and oxygen atoms in total. The van der Waals surface area contributed by atoms with E-state index < -0.39 is 0 Å². The minimum Gasteiger partial charge on any atom is -0.447 e. The number of oxazole rings is 1. The summed E-state index contributed by atoms with van der Waals surface area (Å²) in [5.74, 6) is 0.432. The van der Waals surface area contributed by atoms with Gasteiger partial charge < -0.3 is 15.1 Å². The fraction of sp³-hybridized carbons (Fsp3) is 0.714. The van der Waals surface area contributed by atoms with Crippen LogP contribution in [-0.2, 0) is 6.54 Å². The topological polar surface area (TPSA) is 67.2 Å². The average molecular weight is 265 g/mol. The minimum absolute atomic E-state index is 0.114. The highest BCUT2D eigenvalue weighted by Gasteiger charge is 2.17. The zero-order chi connectivity index (χ0) is 13.5. The molecular formula is C14H23N3O2. The number of carbonyl (C=O) groups excluding carboxylic acids is 1. The molecule has 106 valence electrons. The van der Waals surface area contributed by atoms with Gasteiger partial charge in [-0.3, -0.25) is 4.79 Å². The van der Waals surface area contributed by atoms with E-state index in [-0.39, 0.29) is 11.9 Å². The van der Waals surface area contributed by atoms with Gasteiger partial charge in [0.2, 0.25) is 5.89 Å². The number of hydrogen-bond donors (Lipinski definition) is 2. The molecule has 0 bridgehead atoms. The van der Waals surface area contributed by atoms with Crippen molar-refractivity contribution in [3.63, 3.8) is 0 Å². The molecule has 1 aliphatic rings. The van der Waals surface area contributed by atoms with Crippen LogP contribution in [0.25, 0.3) is 0 Å². The van der Waals surface area contributed by atoms with Gasteiger partial charge in [0, 0.05) is 6.04 Å². The van der Waals surface area contributed by atoms with E-state index in [9.17, 15) is 4.79 Å². The summed E-state index contributed by atoms with van der Waals surface area (Å²) in [4.78, 5) is 16.2. The molecule has 1 aliphatic carbocycles. The fourth-order valence-corrected chi connectivity index (χ4v) is 2.51. The lowest BCUT2D eigenvalue weighted by atomic mass is 9.97. The molecule has 2 rings (SSSR count). The van der Waals surface area contributed by atoms with Crippen molar-refractivity contribution < 1.29 is 9.21 Å². The van der Waals surface area contributed by atoms with E-state index >= 15 is 0 Å². The zero-order valence-electron chi connectivity index (χ0n) is 11.6. The first-order valence-corrected chi connectivity index (χ1v) is 7.19. The third-order valence-electron chi connectivity index (χ3n) is 3.55. The van der Waals surface area contributed by atoms with Crippen molar-refractivity contribution in [1.29, 1.82) is 0 Å². The molecule has 0 spiro atoms. The van der Waals surface area contributed by atoms with E-state index in [4.69, 9.17) is 4.42 Å². The lowest BCUT2D eigenvalue weighted by Crippen LogP contribution is -2.35. The third kappa shape index (κ3) is 4.35. The van der Waals surface area contributed by atoms with E-state index in [2.05, 4.69) is 15.6 Å². The van der Waals surface area contributed by atoms with Gasteiger partial charge in [0.15, 0.2) is 5.69 Å². The molecule has 0 saturated heterocycles.